The molecule has 0 aliphatic rings. The lowest BCUT2D eigenvalue weighted by molar-refractivity contribution is -0.120. The molecule has 8 heteroatoms. The Kier molecular flexibility index (Phi) is 7.20. The van der Waals surface area contributed by atoms with E-state index in [2.05, 4.69) is 15.3 Å². The van der Waals surface area contributed by atoms with E-state index >= 15 is 0 Å². The van der Waals surface area contributed by atoms with Crippen LogP contribution in [0.25, 0.3) is 0 Å². The highest BCUT2D eigenvalue weighted by Crippen LogP contribution is 2.17. The van der Waals surface area contributed by atoms with Gasteiger partial charge in [-0.05, 0) is 36.4 Å². The van der Waals surface area contributed by atoms with Crippen LogP contribution in [0.15, 0.2) is 54.2 Å². The van der Waals surface area contributed by atoms with Gasteiger partial charge in [-0.15, -0.1) is 11.3 Å². The van der Waals surface area contributed by atoms with E-state index in [1.807, 2.05) is 41.8 Å². The van der Waals surface area contributed by atoms with E-state index in [1.165, 1.54) is 11.3 Å². The van der Waals surface area contributed by atoms with Crippen LogP contribution in [0.4, 0.5) is 0 Å². The number of thiazole rings is 1. The number of carbonyl (C=O) groups is 1. The summed E-state index contributed by atoms with van der Waals surface area (Å²) in [5, 5.41) is 5.51. The SMILES string of the molecule is COc1ccc(OCCNC(=O)Cc2csc(COc3cccnc3)n2)cc1. The molecule has 0 spiro atoms. The molecule has 0 unspecified atom stereocenters. The normalized spacial score (nSPS) is 10.3. The summed E-state index contributed by atoms with van der Waals surface area (Å²) in [6.07, 6.45) is 3.57. The highest BCUT2D eigenvalue weighted by molar-refractivity contribution is 7.09. The van der Waals surface area contributed by atoms with E-state index in [-0.39, 0.29) is 12.3 Å². The Morgan fingerprint density at radius 2 is 1.93 bits per heavy atom. The Labute approximate surface area is 167 Å². The number of benzene rings is 1. The Morgan fingerprint density at radius 1 is 1.11 bits per heavy atom. The van der Waals surface area contributed by atoms with Crippen LogP contribution in [-0.4, -0.2) is 36.1 Å². The largest absolute Gasteiger partial charge is 0.497 e. The number of pyridine rings is 1. The maximum absolute atomic E-state index is 12.0. The van der Waals surface area contributed by atoms with Gasteiger partial charge in [0.1, 0.15) is 35.5 Å². The fraction of sp³-hybridized carbons (Fsp3) is 0.250. The van der Waals surface area contributed by atoms with Gasteiger partial charge in [0.05, 0.1) is 32.0 Å². The summed E-state index contributed by atoms with van der Waals surface area (Å²) in [7, 11) is 1.62. The molecule has 0 atom stereocenters. The van der Waals surface area contributed by atoms with Crippen LogP contribution in [0.5, 0.6) is 17.2 Å². The highest BCUT2D eigenvalue weighted by atomic mass is 32.1. The number of nitrogens with one attached hydrogen (secondary N) is 1. The topological polar surface area (TPSA) is 82.6 Å². The standard InChI is InChI=1S/C20H21N3O4S/c1-25-16-4-6-17(7-5-16)26-10-9-22-19(24)11-15-14-28-20(23-15)13-27-18-3-2-8-21-12-18/h2-8,12,14H,9-11,13H2,1H3,(H,22,24). The number of hydrogen-bond acceptors (Lipinski definition) is 7. The monoisotopic (exact) mass is 399 g/mol. The van der Waals surface area contributed by atoms with Crippen molar-refractivity contribution in [2.24, 2.45) is 0 Å². The number of rotatable bonds is 10. The van der Waals surface area contributed by atoms with Gasteiger partial charge in [0.25, 0.3) is 0 Å². The smallest absolute Gasteiger partial charge is 0.226 e. The second-order valence-corrected chi connectivity index (χ2v) is 6.70. The minimum Gasteiger partial charge on any atom is -0.497 e. The Balaban J connectivity index is 1.34. The summed E-state index contributed by atoms with van der Waals surface area (Å²) in [6.45, 7) is 1.17. The highest BCUT2D eigenvalue weighted by Gasteiger charge is 2.08. The third-order valence-corrected chi connectivity index (χ3v) is 4.56. The predicted octanol–water partition coefficient (Wildman–Crippen LogP) is 2.86. The van der Waals surface area contributed by atoms with Crippen molar-refractivity contribution >= 4 is 17.2 Å². The maximum atomic E-state index is 12.0. The van der Waals surface area contributed by atoms with Gasteiger partial charge in [0.15, 0.2) is 0 Å². The number of amides is 1. The van der Waals surface area contributed by atoms with Crippen molar-refractivity contribution in [3.63, 3.8) is 0 Å². The number of nitrogens with zero attached hydrogens (tertiary/aromatic N) is 2. The van der Waals surface area contributed by atoms with Crippen LogP contribution in [0, 0.1) is 0 Å². The van der Waals surface area contributed by atoms with E-state index < -0.39 is 0 Å². The molecule has 28 heavy (non-hydrogen) atoms. The summed E-state index contributed by atoms with van der Waals surface area (Å²) in [6, 6.07) is 10.9. The van der Waals surface area contributed by atoms with Gasteiger partial charge in [-0.1, -0.05) is 0 Å². The number of hydrogen-bond donors (Lipinski definition) is 1. The minimum atomic E-state index is -0.0941. The Morgan fingerprint density at radius 3 is 2.68 bits per heavy atom. The third-order valence-electron chi connectivity index (χ3n) is 3.69. The molecule has 2 aromatic heterocycles. The molecule has 0 radical (unpaired) electrons. The average Bonchev–Trinajstić information content (AvgIpc) is 3.18. The molecule has 0 saturated heterocycles. The van der Waals surface area contributed by atoms with Gasteiger partial charge in [-0.25, -0.2) is 4.98 Å². The first-order valence-corrected chi connectivity index (χ1v) is 9.60. The van der Waals surface area contributed by atoms with Crippen LogP contribution in [0.2, 0.25) is 0 Å². The predicted molar refractivity (Wildman–Crippen MR) is 106 cm³/mol. The van der Waals surface area contributed by atoms with Crippen LogP contribution >= 0.6 is 11.3 Å². The van der Waals surface area contributed by atoms with Crippen molar-refractivity contribution in [2.75, 3.05) is 20.3 Å². The first kappa shape index (κ1) is 19.6. The van der Waals surface area contributed by atoms with Crippen LogP contribution in [0.3, 0.4) is 0 Å². The third kappa shape index (κ3) is 6.24. The average molecular weight is 399 g/mol. The summed E-state index contributed by atoms with van der Waals surface area (Å²) in [5.41, 5.74) is 0.725. The number of aromatic nitrogens is 2. The lowest BCUT2D eigenvalue weighted by atomic mass is 10.3. The van der Waals surface area contributed by atoms with Crippen LogP contribution in [0.1, 0.15) is 10.7 Å². The quantitative estimate of drug-likeness (QED) is 0.528. The molecule has 0 aliphatic carbocycles. The van der Waals surface area contributed by atoms with Gasteiger partial charge < -0.3 is 19.5 Å². The molecule has 1 N–H and O–H groups in total. The van der Waals surface area contributed by atoms with E-state index in [0.29, 0.717) is 25.5 Å². The zero-order chi connectivity index (χ0) is 19.6. The minimum absolute atomic E-state index is 0.0941. The molecule has 3 rings (SSSR count). The van der Waals surface area contributed by atoms with Gasteiger partial charge in [0, 0.05) is 11.6 Å². The molecular formula is C20H21N3O4S. The maximum Gasteiger partial charge on any atom is 0.226 e. The van der Waals surface area contributed by atoms with E-state index in [4.69, 9.17) is 14.2 Å². The van der Waals surface area contributed by atoms with Crippen molar-refractivity contribution < 1.29 is 19.0 Å². The molecule has 146 valence electrons. The first-order chi connectivity index (χ1) is 13.7. The molecule has 0 aliphatic heterocycles. The molecule has 1 amide bonds. The van der Waals surface area contributed by atoms with E-state index in [9.17, 15) is 4.79 Å². The molecule has 1 aromatic carbocycles. The van der Waals surface area contributed by atoms with Gasteiger partial charge in [-0.3, -0.25) is 9.78 Å². The van der Waals surface area contributed by atoms with Gasteiger partial charge in [0.2, 0.25) is 5.91 Å². The number of methoxy groups -OCH3 is 1. The zero-order valence-electron chi connectivity index (χ0n) is 15.5. The molecule has 3 aromatic rings. The lowest BCUT2D eigenvalue weighted by Crippen LogP contribution is -2.29. The fourth-order valence-electron chi connectivity index (χ4n) is 2.33. The Bertz CT molecular complexity index is 869. The summed E-state index contributed by atoms with van der Waals surface area (Å²) >= 11 is 1.47. The molecule has 0 saturated carbocycles. The van der Waals surface area contributed by atoms with Crippen molar-refractivity contribution in [1.29, 1.82) is 0 Å². The molecule has 7 nitrogen and oxygen atoms in total. The number of ether oxygens (including phenoxy) is 3. The summed E-state index contributed by atoms with van der Waals surface area (Å²) in [4.78, 5) is 20.5. The van der Waals surface area contributed by atoms with E-state index in [1.54, 1.807) is 19.5 Å². The second-order valence-electron chi connectivity index (χ2n) is 5.76. The fourth-order valence-corrected chi connectivity index (χ4v) is 3.04. The van der Waals surface area contributed by atoms with Gasteiger partial charge >= 0.3 is 0 Å². The van der Waals surface area contributed by atoms with Crippen LogP contribution < -0.4 is 19.5 Å². The summed E-state index contributed by atoms with van der Waals surface area (Å²) in [5.74, 6) is 2.10. The van der Waals surface area contributed by atoms with Crippen molar-refractivity contribution in [2.45, 2.75) is 13.0 Å². The molecule has 0 fully saturated rings. The van der Waals surface area contributed by atoms with Crippen molar-refractivity contribution in [1.82, 2.24) is 15.3 Å². The van der Waals surface area contributed by atoms with Crippen molar-refractivity contribution in [3.8, 4) is 17.2 Å². The molecular weight excluding hydrogens is 378 g/mol. The molecule has 2 heterocycles. The van der Waals surface area contributed by atoms with Crippen molar-refractivity contribution in [3.05, 3.63) is 64.9 Å². The lowest BCUT2D eigenvalue weighted by Gasteiger charge is -2.08. The zero-order valence-corrected chi connectivity index (χ0v) is 16.3. The molecule has 0 bridgehead atoms. The first-order valence-electron chi connectivity index (χ1n) is 8.72. The summed E-state index contributed by atoms with van der Waals surface area (Å²) < 4.78 is 16.3. The second kappa shape index (κ2) is 10.3. The number of carbonyl (C=O) groups excluding carboxylic acids is 1. The van der Waals surface area contributed by atoms with Gasteiger partial charge in [-0.2, -0.15) is 0 Å². The van der Waals surface area contributed by atoms with Crippen LogP contribution in [-0.2, 0) is 17.8 Å². The van der Waals surface area contributed by atoms with E-state index in [0.717, 1.165) is 22.2 Å². The Hall–Kier alpha value is -3.13.